The minimum Gasteiger partial charge on any atom is -0.361 e. The van der Waals surface area contributed by atoms with E-state index in [4.69, 9.17) is 16.9 Å². The highest BCUT2D eigenvalue weighted by Crippen LogP contribution is 2.32. The maximum atomic E-state index is 8.43. The van der Waals surface area contributed by atoms with E-state index in [-0.39, 0.29) is 0 Å². The van der Waals surface area contributed by atoms with Gasteiger partial charge in [-0.15, -0.1) is 0 Å². The lowest BCUT2D eigenvalue weighted by Crippen LogP contribution is -2.32. The molecule has 11 heavy (non-hydrogen) atoms. The first-order chi connectivity index (χ1) is 5.17. The molecule has 0 saturated heterocycles. The summed E-state index contributed by atoms with van der Waals surface area (Å²) >= 11 is 9.20. The Morgan fingerprint density at radius 2 is 2.55 bits per heavy atom. The summed E-state index contributed by atoms with van der Waals surface area (Å²) in [5.74, 6) is 0. The van der Waals surface area contributed by atoms with Gasteiger partial charge in [0.05, 0.1) is 12.5 Å². The van der Waals surface area contributed by atoms with E-state index in [0.29, 0.717) is 6.42 Å². The number of hydrogen-bond acceptors (Lipinski definition) is 2. The first kappa shape index (κ1) is 8.63. The fourth-order valence-electron chi connectivity index (χ4n) is 0.770. The van der Waals surface area contributed by atoms with Gasteiger partial charge >= 0.3 is 0 Å². The third-order valence-corrected chi connectivity index (χ3v) is 2.42. The first-order valence-electron chi connectivity index (χ1n) is 3.05. The molecule has 58 valence electrons. The molecule has 4 heteroatoms. The molecule has 1 aliphatic heterocycles. The molecule has 0 saturated carbocycles. The van der Waals surface area contributed by atoms with Gasteiger partial charge in [0.25, 0.3) is 0 Å². The maximum absolute atomic E-state index is 8.43. The zero-order chi connectivity index (χ0) is 8.32. The minimum atomic E-state index is -0.766. The maximum Gasteiger partial charge on any atom is 0.191 e. The normalized spacial score (nSPS) is 28.6. The molecule has 0 radical (unpaired) electrons. The van der Waals surface area contributed by atoms with Crippen LogP contribution in [0.3, 0.4) is 0 Å². The molecular weight excluding hydrogens is 227 g/mol. The summed E-state index contributed by atoms with van der Waals surface area (Å²) in [4.78, 5) is 0. The van der Waals surface area contributed by atoms with Crippen molar-refractivity contribution in [1.82, 2.24) is 5.32 Å². The Morgan fingerprint density at radius 1 is 1.82 bits per heavy atom. The van der Waals surface area contributed by atoms with E-state index in [9.17, 15) is 0 Å². The predicted molar refractivity (Wildman–Crippen MR) is 48.1 cm³/mol. The largest absolute Gasteiger partial charge is 0.361 e. The number of alkyl halides is 2. The molecule has 0 aliphatic carbocycles. The number of nitriles is 1. The Morgan fingerprint density at radius 3 is 3.09 bits per heavy atom. The lowest BCUT2D eigenvalue weighted by molar-refractivity contribution is 0.792. The molecule has 1 aliphatic rings. The molecule has 0 aromatic heterocycles. The molecule has 0 bridgehead atoms. The predicted octanol–water partition coefficient (Wildman–Crippen LogP) is 2.23. The molecule has 0 aromatic carbocycles. The highest BCUT2D eigenvalue weighted by Gasteiger charge is 2.27. The lowest BCUT2D eigenvalue weighted by Gasteiger charge is -2.24. The molecule has 0 aromatic rings. The number of halogens is 2. The number of hydrogen-bond donors (Lipinski definition) is 1. The van der Waals surface area contributed by atoms with Gasteiger partial charge in [-0.2, -0.15) is 5.26 Å². The van der Waals surface area contributed by atoms with E-state index >= 15 is 0 Å². The Kier molecular flexibility index (Phi) is 2.58. The van der Waals surface area contributed by atoms with Gasteiger partial charge in [0.1, 0.15) is 0 Å². The average Bonchev–Trinajstić information content (AvgIpc) is 1.94. The molecule has 1 atom stereocenters. The van der Waals surface area contributed by atoms with Crippen molar-refractivity contribution in [2.45, 2.75) is 10.3 Å². The second-order valence-corrected chi connectivity index (χ2v) is 4.32. The van der Waals surface area contributed by atoms with Crippen LogP contribution in [0.4, 0.5) is 0 Å². The van der Waals surface area contributed by atoms with Crippen LogP contribution in [-0.2, 0) is 0 Å². The molecule has 0 spiro atoms. The minimum absolute atomic E-state index is 0.325. The van der Waals surface area contributed by atoms with Crippen molar-refractivity contribution < 1.29 is 0 Å². The van der Waals surface area contributed by atoms with Crippen LogP contribution in [-0.4, -0.2) is 3.91 Å². The van der Waals surface area contributed by atoms with E-state index in [2.05, 4.69) is 21.2 Å². The van der Waals surface area contributed by atoms with Crippen molar-refractivity contribution in [3.8, 4) is 6.07 Å². The first-order valence-corrected chi connectivity index (χ1v) is 4.22. The lowest BCUT2D eigenvalue weighted by atomic mass is 10.1. The summed E-state index contributed by atoms with van der Waals surface area (Å²) < 4.78 is -0.766. The van der Waals surface area contributed by atoms with Crippen molar-refractivity contribution in [1.29, 1.82) is 5.26 Å². The number of dihydropyridines is 1. The van der Waals surface area contributed by atoms with Crippen molar-refractivity contribution in [2.24, 2.45) is 0 Å². The van der Waals surface area contributed by atoms with Gasteiger partial charge in [-0.3, -0.25) is 0 Å². The summed E-state index contributed by atoms with van der Waals surface area (Å²) in [6.07, 6.45) is 5.69. The van der Waals surface area contributed by atoms with Crippen LogP contribution in [0.25, 0.3) is 0 Å². The molecule has 0 fully saturated rings. The molecular formula is C7H6BrClN2. The number of nitrogens with one attached hydrogen (secondary N) is 1. The zero-order valence-electron chi connectivity index (χ0n) is 5.64. The molecule has 1 rings (SSSR count). The Bertz CT molecular complexity index is 250. The van der Waals surface area contributed by atoms with Gasteiger partial charge in [0.2, 0.25) is 0 Å². The summed E-state index contributed by atoms with van der Waals surface area (Å²) in [7, 11) is 0. The van der Waals surface area contributed by atoms with E-state index in [1.165, 1.54) is 0 Å². The van der Waals surface area contributed by atoms with Crippen LogP contribution in [0.2, 0.25) is 0 Å². The third-order valence-electron chi connectivity index (χ3n) is 1.33. The van der Waals surface area contributed by atoms with E-state index in [1.807, 2.05) is 18.2 Å². The van der Waals surface area contributed by atoms with Crippen LogP contribution in [0.1, 0.15) is 6.42 Å². The van der Waals surface area contributed by atoms with E-state index in [0.717, 1.165) is 5.57 Å². The molecule has 0 amide bonds. The molecule has 1 unspecified atom stereocenters. The second kappa shape index (κ2) is 3.29. The number of allylic oxidation sites excluding steroid dienone is 2. The van der Waals surface area contributed by atoms with Crippen LogP contribution < -0.4 is 5.32 Å². The van der Waals surface area contributed by atoms with Crippen LogP contribution in [0.15, 0.2) is 23.9 Å². The fraction of sp³-hybridized carbons (Fsp3) is 0.286. The molecule has 1 N–H and O–H groups in total. The zero-order valence-corrected chi connectivity index (χ0v) is 7.98. The van der Waals surface area contributed by atoms with Crippen molar-refractivity contribution in [3.63, 3.8) is 0 Å². The smallest absolute Gasteiger partial charge is 0.191 e. The second-order valence-electron chi connectivity index (χ2n) is 2.10. The van der Waals surface area contributed by atoms with Gasteiger partial charge in [-0.1, -0.05) is 17.7 Å². The van der Waals surface area contributed by atoms with Crippen molar-refractivity contribution in [3.05, 3.63) is 23.9 Å². The molecule has 1 heterocycles. The van der Waals surface area contributed by atoms with E-state index < -0.39 is 3.91 Å². The Hall–Kier alpha value is -0.460. The highest BCUT2D eigenvalue weighted by atomic mass is 79.9. The number of rotatable bonds is 1. The van der Waals surface area contributed by atoms with E-state index in [1.54, 1.807) is 6.20 Å². The van der Waals surface area contributed by atoms with Crippen molar-refractivity contribution >= 4 is 27.5 Å². The van der Waals surface area contributed by atoms with Gasteiger partial charge in [0.15, 0.2) is 3.91 Å². The summed E-state index contributed by atoms with van der Waals surface area (Å²) in [6.45, 7) is 0. The summed E-state index contributed by atoms with van der Waals surface area (Å²) in [5, 5.41) is 11.3. The number of nitrogens with zero attached hydrogens (tertiary/aromatic N) is 1. The van der Waals surface area contributed by atoms with Crippen LogP contribution >= 0.6 is 27.5 Å². The monoisotopic (exact) mass is 232 g/mol. The van der Waals surface area contributed by atoms with Crippen LogP contribution in [0.5, 0.6) is 0 Å². The van der Waals surface area contributed by atoms with Gasteiger partial charge in [-0.05, 0) is 33.8 Å². The topological polar surface area (TPSA) is 35.8 Å². The SMILES string of the molecule is N#CCC1=CC=CNC1(Cl)Br. The van der Waals surface area contributed by atoms with Crippen molar-refractivity contribution in [2.75, 3.05) is 0 Å². The standard InChI is InChI=1S/C7H6BrClN2/c8-7(9)6(3-4-10)2-1-5-11-7/h1-2,5,11H,3H2. The fourth-order valence-corrected chi connectivity index (χ4v) is 1.37. The Balaban J connectivity index is 2.81. The quantitative estimate of drug-likeness (QED) is 0.557. The summed E-state index contributed by atoms with van der Waals surface area (Å²) in [5.41, 5.74) is 0.823. The van der Waals surface area contributed by atoms with Gasteiger partial charge < -0.3 is 5.32 Å². The highest BCUT2D eigenvalue weighted by molar-refractivity contribution is 9.10. The average molecular weight is 233 g/mol. The molecule has 2 nitrogen and oxygen atoms in total. The summed E-state index contributed by atoms with van der Waals surface area (Å²) in [6, 6.07) is 2.04. The third kappa shape index (κ3) is 1.98. The van der Waals surface area contributed by atoms with Crippen LogP contribution in [0, 0.1) is 11.3 Å². The van der Waals surface area contributed by atoms with Gasteiger partial charge in [0, 0.05) is 0 Å². The van der Waals surface area contributed by atoms with Gasteiger partial charge in [-0.25, -0.2) is 0 Å². The Labute approximate surface area is 78.7 Å².